The molecule has 1 amide bonds. The van der Waals surface area contributed by atoms with Gasteiger partial charge in [-0.05, 0) is 42.5 Å². The lowest BCUT2D eigenvalue weighted by Gasteiger charge is -2.17. The Bertz CT molecular complexity index is 859. The van der Waals surface area contributed by atoms with Crippen molar-refractivity contribution in [1.29, 1.82) is 0 Å². The molecule has 27 heavy (non-hydrogen) atoms. The molecule has 3 aromatic rings. The molecule has 1 unspecified atom stereocenters. The quantitative estimate of drug-likeness (QED) is 0.573. The first kappa shape index (κ1) is 19.1. The maximum absolute atomic E-state index is 12.6. The largest absolute Gasteiger partial charge is 0.399 e. The van der Waals surface area contributed by atoms with Gasteiger partial charge in [0, 0.05) is 17.5 Å². The lowest BCUT2D eigenvalue weighted by atomic mass is 10.0. The summed E-state index contributed by atoms with van der Waals surface area (Å²) in [6.07, 6.45) is 2.80. The molecule has 0 radical (unpaired) electrons. The Balaban J connectivity index is 1.68. The zero-order valence-electron chi connectivity index (χ0n) is 15.5. The zero-order chi connectivity index (χ0) is 19.1. The second-order valence-electron chi connectivity index (χ2n) is 6.58. The number of carbonyl (C=O) groups is 1. The van der Waals surface area contributed by atoms with Crippen LogP contribution >= 0.6 is 11.3 Å². The van der Waals surface area contributed by atoms with E-state index in [1.54, 1.807) is 11.3 Å². The SMILES string of the molecule is CCc1csc(C(Cc2ccc(N)cc2)NC(=O)CCc2ccccc2)n1. The third-order valence-corrected chi connectivity index (χ3v) is 5.48. The predicted molar refractivity (Wildman–Crippen MR) is 112 cm³/mol. The van der Waals surface area contributed by atoms with E-state index in [2.05, 4.69) is 17.6 Å². The van der Waals surface area contributed by atoms with Gasteiger partial charge in [0.2, 0.25) is 5.91 Å². The number of nitrogens with one attached hydrogen (secondary N) is 1. The third kappa shape index (κ3) is 5.66. The number of amides is 1. The van der Waals surface area contributed by atoms with E-state index in [1.807, 2.05) is 54.6 Å². The van der Waals surface area contributed by atoms with Crippen LogP contribution in [0.5, 0.6) is 0 Å². The monoisotopic (exact) mass is 379 g/mol. The fourth-order valence-corrected chi connectivity index (χ4v) is 3.86. The van der Waals surface area contributed by atoms with Crippen LogP contribution in [0.15, 0.2) is 60.0 Å². The van der Waals surface area contributed by atoms with Crippen LogP contribution in [0, 0.1) is 0 Å². The van der Waals surface area contributed by atoms with Crippen molar-refractivity contribution in [2.45, 2.75) is 38.6 Å². The number of rotatable bonds is 8. The van der Waals surface area contributed by atoms with Gasteiger partial charge in [0.05, 0.1) is 11.7 Å². The molecule has 4 nitrogen and oxygen atoms in total. The summed E-state index contributed by atoms with van der Waals surface area (Å²) >= 11 is 1.61. The molecule has 2 aromatic carbocycles. The summed E-state index contributed by atoms with van der Waals surface area (Å²) in [6, 6.07) is 17.8. The van der Waals surface area contributed by atoms with Gasteiger partial charge in [-0.2, -0.15) is 0 Å². The van der Waals surface area contributed by atoms with E-state index in [0.29, 0.717) is 12.8 Å². The van der Waals surface area contributed by atoms with Crippen LogP contribution in [0.25, 0.3) is 0 Å². The Kier molecular flexibility index (Phi) is 6.60. The van der Waals surface area contributed by atoms with Gasteiger partial charge in [0.15, 0.2) is 0 Å². The molecule has 0 saturated heterocycles. The average Bonchev–Trinajstić information content (AvgIpc) is 3.18. The predicted octanol–water partition coefficient (Wildman–Crippen LogP) is 4.32. The van der Waals surface area contributed by atoms with Gasteiger partial charge in [-0.25, -0.2) is 4.98 Å². The van der Waals surface area contributed by atoms with Crippen molar-refractivity contribution in [3.63, 3.8) is 0 Å². The number of aryl methyl sites for hydroxylation is 2. The fraction of sp³-hybridized carbons (Fsp3) is 0.273. The Labute approximate surface area is 164 Å². The molecule has 5 heteroatoms. The number of hydrogen-bond acceptors (Lipinski definition) is 4. The van der Waals surface area contributed by atoms with Crippen molar-refractivity contribution in [3.8, 4) is 0 Å². The highest BCUT2D eigenvalue weighted by atomic mass is 32.1. The number of nitrogens with two attached hydrogens (primary N) is 1. The first-order valence-electron chi connectivity index (χ1n) is 9.26. The highest BCUT2D eigenvalue weighted by Crippen LogP contribution is 2.23. The number of aromatic nitrogens is 1. The van der Waals surface area contributed by atoms with Gasteiger partial charge in [-0.3, -0.25) is 4.79 Å². The van der Waals surface area contributed by atoms with E-state index >= 15 is 0 Å². The minimum absolute atomic E-state index is 0.0487. The minimum Gasteiger partial charge on any atom is -0.399 e. The molecule has 0 fully saturated rings. The summed E-state index contributed by atoms with van der Waals surface area (Å²) < 4.78 is 0. The molecular formula is C22H25N3OS. The van der Waals surface area contributed by atoms with Crippen LogP contribution in [0.4, 0.5) is 5.69 Å². The van der Waals surface area contributed by atoms with E-state index in [1.165, 1.54) is 5.56 Å². The molecule has 1 aromatic heterocycles. The van der Waals surface area contributed by atoms with E-state index in [-0.39, 0.29) is 11.9 Å². The van der Waals surface area contributed by atoms with E-state index in [4.69, 9.17) is 10.7 Å². The molecular weight excluding hydrogens is 354 g/mol. The number of carbonyl (C=O) groups excluding carboxylic acids is 1. The van der Waals surface area contributed by atoms with Crippen molar-refractivity contribution >= 4 is 22.9 Å². The molecule has 1 heterocycles. The van der Waals surface area contributed by atoms with Gasteiger partial charge in [0.1, 0.15) is 5.01 Å². The summed E-state index contributed by atoms with van der Waals surface area (Å²) in [6.45, 7) is 2.09. The molecule has 0 aliphatic carbocycles. The molecule has 0 aliphatic rings. The summed E-state index contributed by atoms with van der Waals surface area (Å²) in [4.78, 5) is 17.3. The van der Waals surface area contributed by atoms with Crippen molar-refractivity contribution in [2.24, 2.45) is 0 Å². The van der Waals surface area contributed by atoms with Crippen molar-refractivity contribution < 1.29 is 4.79 Å². The van der Waals surface area contributed by atoms with Crippen LogP contribution in [-0.4, -0.2) is 10.9 Å². The van der Waals surface area contributed by atoms with Crippen molar-refractivity contribution in [1.82, 2.24) is 10.3 Å². The highest BCUT2D eigenvalue weighted by molar-refractivity contribution is 7.09. The van der Waals surface area contributed by atoms with Crippen molar-refractivity contribution in [2.75, 3.05) is 5.73 Å². The molecule has 0 bridgehead atoms. The second kappa shape index (κ2) is 9.33. The molecule has 0 aliphatic heterocycles. The Hall–Kier alpha value is -2.66. The van der Waals surface area contributed by atoms with Crippen LogP contribution in [0.3, 0.4) is 0 Å². The first-order valence-corrected chi connectivity index (χ1v) is 10.1. The summed E-state index contributed by atoms with van der Waals surface area (Å²) in [7, 11) is 0. The molecule has 3 N–H and O–H groups in total. The zero-order valence-corrected chi connectivity index (χ0v) is 16.3. The van der Waals surface area contributed by atoms with Gasteiger partial charge < -0.3 is 11.1 Å². The fourth-order valence-electron chi connectivity index (χ4n) is 2.90. The summed E-state index contributed by atoms with van der Waals surface area (Å²) in [5.41, 5.74) is 9.89. The average molecular weight is 380 g/mol. The number of nitrogens with zero attached hydrogens (tertiary/aromatic N) is 1. The Morgan fingerprint density at radius 1 is 1.11 bits per heavy atom. The van der Waals surface area contributed by atoms with Gasteiger partial charge in [0.25, 0.3) is 0 Å². The number of anilines is 1. The third-order valence-electron chi connectivity index (χ3n) is 4.47. The number of benzene rings is 2. The smallest absolute Gasteiger partial charge is 0.220 e. The lowest BCUT2D eigenvalue weighted by Crippen LogP contribution is -2.30. The normalized spacial score (nSPS) is 11.9. The van der Waals surface area contributed by atoms with E-state index < -0.39 is 0 Å². The molecule has 0 spiro atoms. The van der Waals surface area contributed by atoms with Gasteiger partial charge in [-0.15, -0.1) is 11.3 Å². The second-order valence-corrected chi connectivity index (χ2v) is 7.47. The highest BCUT2D eigenvalue weighted by Gasteiger charge is 2.19. The molecule has 1 atom stereocenters. The standard InChI is InChI=1S/C22H25N3OS/c1-2-19-15-27-22(24-19)20(14-17-8-11-18(23)12-9-17)25-21(26)13-10-16-6-4-3-5-7-16/h3-9,11-12,15,20H,2,10,13-14,23H2,1H3,(H,25,26). The first-order chi connectivity index (χ1) is 13.1. The Morgan fingerprint density at radius 2 is 1.85 bits per heavy atom. The van der Waals surface area contributed by atoms with Gasteiger partial charge in [-0.1, -0.05) is 49.4 Å². The molecule has 0 saturated carbocycles. The Morgan fingerprint density at radius 3 is 2.52 bits per heavy atom. The lowest BCUT2D eigenvalue weighted by molar-refractivity contribution is -0.121. The number of hydrogen-bond donors (Lipinski definition) is 2. The van der Waals surface area contributed by atoms with Crippen LogP contribution in [0.2, 0.25) is 0 Å². The summed E-state index contributed by atoms with van der Waals surface area (Å²) in [5.74, 6) is 0.0487. The van der Waals surface area contributed by atoms with Gasteiger partial charge >= 0.3 is 0 Å². The van der Waals surface area contributed by atoms with Crippen LogP contribution in [-0.2, 0) is 24.1 Å². The number of nitrogen functional groups attached to an aromatic ring is 1. The topological polar surface area (TPSA) is 68.0 Å². The van der Waals surface area contributed by atoms with Crippen LogP contribution in [0.1, 0.15) is 41.2 Å². The minimum atomic E-state index is -0.123. The summed E-state index contributed by atoms with van der Waals surface area (Å²) in [5, 5.41) is 6.21. The van der Waals surface area contributed by atoms with E-state index in [0.717, 1.165) is 34.8 Å². The van der Waals surface area contributed by atoms with E-state index in [9.17, 15) is 4.79 Å². The molecule has 140 valence electrons. The maximum atomic E-state index is 12.6. The number of thiazole rings is 1. The molecule has 3 rings (SSSR count). The van der Waals surface area contributed by atoms with Crippen molar-refractivity contribution in [3.05, 3.63) is 81.8 Å². The maximum Gasteiger partial charge on any atom is 0.220 e. The van der Waals surface area contributed by atoms with Crippen LogP contribution < -0.4 is 11.1 Å².